The number of pyridine rings is 2. The topological polar surface area (TPSA) is 50.4 Å². The van der Waals surface area contributed by atoms with E-state index in [1.54, 1.807) is 12.4 Å². The van der Waals surface area contributed by atoms with Gasteiger partial charge < -0.3 is 9.51 Å². The fourth-order valence-electron chi connectivity index (χ4n) is 2.14. The number of aliphatic hydroxyl groups excluding tert-OH is 1. The SMILES string of the molecule is Cc1cccn2c(CO)c(-c3cccnc3)nc12. The molecule has 0 amide bonds. The van der Waals surface area contributed by atoms with Crippen LogP contribution in [-0.2, 0) is 6.61 Å². The van der Waals surface area contributed by atoms with Crippen molar-refractivity contribution in [2.75, 3.05) is 0 Å². The monoisotopic (exact) mass is 239 g/mol. The van der Waals surface area contributed by atoms with Gasteiger partial charge in [0.2, 0.25) is 0 Å². The Kier molecular flexibility index (Phi) is 2.57. The third-order valence-electron chi connectivity index (χ3n) is 3.03. The molecule has 0 aliphatic heterocycles. The molecule has 3 heterocycles. The van der Waals surface area contributed by atoms with Crippen molar-refractivity contribution >= 4 is 5.65 Å². The molecule has 1 N–H and O–H groups in total. The standard InChI is InChI=1S/C14H13N3O/c1-10-4-3-7-17-12(9-18)13(16-14(10)17)11-5-2-6-15-8-11/h2-8,18H,9H2,1H3. The van der Waals surface area contributed by atoms with E-state index in [4.69, 9.17) is 0 Å². The van der Waals surface area contributed by atoms with Gasteiger partial charge in [-0.2, -0.15) is 0 Å². The highest BCUT2D eigenvalue weighted by atomic mass is 16.3. The highest BCUT2D eigenvalue weighted by molar-refractivity contribution is 5.67. The lowest BCUT2D eigenvalue weighted by atomic mass is 10.2. The summed E-state index contributed by atoms with van der Waals surface area (Å²) >= 11 is 0. The number of aromatic nitrogens is 3. The Balaban J connectivity index is 2.33. The van der Waals surface area contributed by atoms with Gasteiger partial charge in [0.15, 0.2) is 0 Å². The number of nitrogens with zero attached hydrogens (tertiary/aromatic N) is 3. The maximum Gasteiger partial charge on any atom is 0.140 e. The number of hydrogen-bond acceptors (Lipinski definition) is 3. The molecule has 90 valence electrons. The summed E-state index contributed by atoms with van der Waals surface area (Å²) < 4.78 is 1.93. The van der Waals surface area contributed by atoms with E-state index in [-0.39, 0.29) is 6.61 Å². The smallest absolute Gasteiger partial charge is 0.140 e. The van der Waals surface area contributed by atoms with Crippen molar-refractivity contribution in [1.82, 2.24) is 14.4 Å². The summed E-state index contributed by atoms with van der Waals surface area (Å²) in [5.41, 5.74) is 4.47. The molecule has 0 unspecified atom stereocenters. The van der Waals surface area contributed by atoms with Crippen LogP contribution in [0.3, 0.4) is 0 Å². The summed E-state index contributed by atoms with van der Waals surface area (Å²) in [6.45, 7) is 1.96. The summed E-state index contributed by atoms with van der Waals surface area (Å²) in [4.78, 5) is 8.71. The first kappa shape index (κ1) is 10.9. The Morgan fingerprint density at radius 2 is 2.17 bits per heavy atom. The van der Waals surface area contributed by atoms with Crippen LogP contribution in [0.4, 0.5) is 0 Å². The molecule has 0 radical (unpaired) electrons. The predicted octanol–water partition coefficient (Wildman–Crippen LogP) is 2.20. The van der Waals surface area contributed by atoms with E-state index in [1.165, 1.54) is 0 Å². The van der Waals surface area contributed by atoms with Crippen molar-refractivity contribution in [3.63, 3.8) is 0 Å². The minimum atomic E-state index is -0.0468. The summed E-state index contributed by atoms with van der Waals surface area (Å²) in [6, 6.07) is 7.78. The summed E-state index contributed by atoms with van der Waals surface area (Å²) in [7, 11) is 0. The second-order valence-electron chi connectivity index (χ2n) is 4.19. The van der Waals surface area contributed by atoms with Crippen molar-refractivity contribution in [3.8, 4) is 11.3 Å². The molecular formula is C14H13N3O. The largest absolute Gasteiger partial charge is 0.390 e. The molecule has 0 atom stereocenters. The molecular weight excluding hydrogens is 226 g/mol. The second kappa shape index (κ2) is 4.23. The Morgan fingerprint density at radius 3 is 2.89 bits per heavy atom. The van der Waals surface area contributed by atoms with Gasteiger partial charge in [0.1, 0.15) is 5.65 Å². The van der Waals surface area contributed by atoms with Gasteiger partial charge in [-0.15, -0.1) is 0 Å². The molecule has 3 aromatic rings. The number of fused-ring (bicyclic) bond motifs is 1. The van der Waals surface area contributed by atoms with Crippen LogP contribution in [0.15, 0.2) is 42.9 Å². The Bertz CT molecular complexity index is 689. The van der Waals surface area contributed by atoms with Gasteiger partial charge >= 0.3 is 0 Å². The number of imidazole rings is 1. The van der Waals surface area contributed by atoms with Gasteiger partial charge in [-0.25, -0.2) is 4.98 Å². The fraction of sp³-hybridized carbons (Fsp3) is 0.143. The van der Waals surface area contributed by atoms with Crippen LogP contribution in [0, 0.1) is 6.92 Å². The lowest BCUT2D eigenvalue weighted by molar-refractivity contribution is 0.276. The summed E-state index contributed by atoms with van der Waals surface area (Å²) in [5.74, 6) is 0. The van der Waals surface area contributed by atoms with Gasteiger partial charge in [0.05, 0.1) is 18.0 Å². The lowest BCUT2D eigenvalue weighted by Crippen LogP contribution is -1.94. The van der Waals surface area contributed by atoms with Crippen LogP contribution in [-0.4, -0.2) is 19.5 Å². The normalized spacial score (nSPS) is 11.0. The van der Waals surface area contributed by atoms with Gasteiger partial charge in [-0.05, 0) is 30.7 Å². The van der Waals surface area contributed by atoms with Gasteiger partial charge in [-0.3, -0.25) is 4.98 Å². The molecule has 3 aromatic heterocycles. The predicted molar refractivity (Wildman–Crippen MR) is 69.1 cm³/mol. The first-order valence-electron chi connectivity index (χ1n) is 5.79. The molecule has 0 aromatic carbocycles. The Hall–Kier alpha value is -2.20. The number of aliphatic hydroxyl groups is 1. The number of rotatable bonds is 2. The van der Waals surface area contributed by atoms with Gasteiger partial charge in [-0.1, -0.05) is 6.07 Å². The maximum absolute atomic E-state index is 9.58. The van der Waals surface area contributed by atoms with Crippen LogP contribution >= 0.6 is 0 Å². The number of hydrogen-bond donors (Lipinski definition) is 1. The van der Waals surface area contributed by atoms with E-state index in [0.717, 1.165) is 28.2 Å². The van der Waals surface area contributed by atoms with Crippen LogP contribution in [0.25, 0.3) is 16.9 Å². The van der Waals surface area contributed by atoms with Crippen LogP contribution < -0.4 is 0 Å². The third-order valence-corrected chi connectivity index (χ3v) is 3.03. The number of aryl methyl sites for hydroxylation is 1. The molecule has 18 heavy (non-hydrogen) atoms. The maximum atomic E-state index is 9.58. The average Bonchev–Trinajstić information content (AvgIpc) is 2.80. The van der Waals surface area contributed by atoms with Gasteiger partial charge in [0.25, 0.3) is 0 Å². The molecule has 0 saturated carbocycles. The average molecular weight is 239 g/mol. The van der Waals surface area contributed by atoms with E-state index in [2.05, 4.69) is 9.97 Å². The van der Waals surface area contributed by atoms with E-state index >= 15 is 0 Å². The molecule has 0 aliphatic carbocycles. The fourth-order valence-corrected chi connectivity index (χ4v) is 2.14. The van der Waals surface area contributed by atoms with E-state index < -0.39 is 0 Å². The van der Waals surface area contributed by atoms with Crippen LogP contribution in [0.1, 0.15) is 11.3 Å². The highest BCUT2D eigenvalue weighted by Crippen LogP contribution is 2.24. The summed E-state index contributed by atoms with van der Waals surface area (Å²) in [6.07, 6.45) is 5.40. The van der Waals surface area contributed by atoms with E-state index in [1.807, 2.05) is 41.8 Å². The zero-order valence-electron chi connectivity index (χ0n) is 10.0. The summed E-state index contributed by atoms with van der Waals surface area (Å²) in [5, 5.41) is 9.58. The first-order valence-corrected chi connectivity index (χ1v) is 5.79. The lowest BCUT2D eigenvalue weighted by Gasteiger charge is -2.01. The van der Waals surface area contributed by atoms with E-state index in [9.17, 15) is 5.11 Å². The van der Waals surface area contributed by atoms with E-state index in [0.29, 0.717) is 0 Å². The van der Waals surface area contributed by atoms with Crippen LogP contribution in [0.5, 0.6) is 0 Å². The molecule has 0 spiro atoms. The zero-order valence-corrected chi connectivity index (χ0v) is 10.0. The Morgan fingerprint density at radius 1 is 1.28 bits per heavy atom. The first-order chi connectivity index (χ1) is 8.81. The van der Waals surface area contributed by atoms with Crippen LogP contribution in [0.2, 0.25) is 0 Å². The van der Waals surface area contributed by atoms with Crippen molar-refractivity contribution < 1.29 is 5.11 Å². The minimum absolute atomic E-state index is 0.0468. The molecule has 4 heteroatoms. The molecule has 0 fully saturated rings. The quantitative estimate of drug-likeness (QED) is 0.745. The van der Waals surface area contributed by atoms with Gasteiger partial charge in [0, 0.05) is 24.2 Å². The molecule has 4 nitrogen and oxygen atoms in total. The van der Waals surface area contributed by atoms with Crippen molar-refractivity contribution in [2.24, 2.45) is 0 Å². The minimum Gasteiger partial charge on any atom is -0.390 e. The zero-order chi connectivity index (χ0) is 12.5. The van der Waals surface area contributed by atoms with Crippen molar-refractivity contribution in [1.29, 1.82) is 0 Å². The molecule has 3 rings (SSSR count). The second-order valence-corrected chi connectivity index (χ2v) is 4.19. The molecule has 0 aliphatic rings. The third kappa shape index (κ3) is 1.58. The van der Waals surface area contributed by atoms with Crippen molar-refractivity contribution in [2.45, 2.75) is 13.5 Å². The highest BCUT2D eigenvalue weighted by Gasteiger charge is 2.13. The molecule has 0 bridgehead atoms. The molecule has 0 saturated heterocycles. The van der Waals surface area contributed by atoms with Crippen molar-refractivity contribution in [3.05, 3.63) is 54.1 Å². The Labute approximate surface area is 105 Å².